The Morgan fingerprint density at radius 1 is 1.11 bits per heavy atom. The SMILES string of the molecule is CC1=CC=C(c2ccc(C(O)C(=O)OCc3ccccc3)cc2)C(=S=O)C1. The normalized spacial score (nSPS) is 14.8. The van der Waals surface area contributed by atoms with Crippen molar-refractivity contribution in [3.05, 3.63) is 89.0 Å². The van der Waals surface area contributed by atoms with E-state index in [1.54, 1.807) is 24.3 Å². The molecule has 1 atom stereocenters. The van der Waals surface area contributed by atoms with Crippen LogP contribution in [-0.2, 0) is 27.4 Å². The first-order chi connectivity index (χ1) is 13.1. The Morgan fingerprint density at radius 3 is 2.48 bits per heavy atom. The summed E-state index contributed by atoms with van der Waals surface area (Å²) in [7, 11) is 0. The predicted octanol–water partition coefficient (Wildman–Crippen LogP) is 3.58. The largest absolute Gasteiger partial charge is 0.459 e. The summed E-state index contributed by atoms with van der Waals surface area (Å²) in [5.74, 6) is -0.690. The quantitative estimate of drug-likeness (QED) is 0.636. The van der Waals surface area contributed by atoms with Crippen molar-refractivity contribution in [2.75, 3.05) is 0 Å². The fourth-order valence-electron chi connectivity index (χ4n) is 2.85. The van der Waals surface area contributed by atoms with Crippen molar-refractivity contribution in [1.29, 1.82) is 0 Å². The van der Waals surface area contributed by atoms with Gasteiger partial charge in [0.05, 0.1) is 16.1 Å². The maximum Gasteiger partial charge on any atom is 0.339 e. The van der Waals surface area contributed by atoms with Gasteiger partial charge in [-0.15, -0.1) is 0 Å². The molecule has 27 heavy (non-hydrogen) atoms. The summed E-state index contributed by atoms with van der Waals surface area (Å²) >= 11 is 0.506. The van der Waals surface area contributed by atoms with Crippen LogP contribution < -0.4 is 0 Å². The van der Waals surface area contributed by atoms with Gasteiger partial charge in [-0.25, -0.2) is 9.00 Å². The van der Waals surface area contributed by atoms with E-state index in [-0.39, 0.29) is 6.61 Å². The van der Waals surface area contributed by atoms with Crippen LogP contribution in [0.5, 0.6) is 0 Å². The predicted molar refractivity (Wildman–Crippen MR) is 107 cm³/mol. The molecule has 0 bridgehead atoms. The molecule has 0 saturated carbocycles. The number of carbonyl (C=O) groups is 1. The van der Waals surface area contributed by atoms with E-state index in [4.69, 9.17) is 4.74 Å². The van der Waals surface area contributed by atoms with Gasteiger partial charge < -0.3 is 9.84 Å². The molecule has 0 spiro atoms. The number of ether oxygens (including phenoxy) is 1. The van der Waals surface area contributed by atoms with Crippen LogP contribution in [0.15, 0.2) is 72.3 Å². The first kappa shape index (κ1) is 19.0. The number of benzene rings is 2. The lowest BCUT2D eigenvalue weighted by Crippen LogP contribution is -2.15. The molecule has 0 heterocycles. The molecule has 0 amide bonds. The maximum absolute atomic E-state index is 12.1. The van der Waals surface area contributed by atoms with Gasteiger partial charge in [0, 0.05) is 6.42 Å². The van der Waals surface area contributed by atoms with Gasteiger partial charge in [-0.2, -0.15) is 0 Å². The Hall–Kier alpha value is -2.76. The molecule has 138 valence electrons. The zero-order chi connectivity index (χ0) is 19.2. The molecule has 0 saturated heterocycles. The van der Waals surface area contributed by atoms with Crippen molar-refractivity contribution >= 4 is 27.7 Å². The molecule has 1 aliphatic rings. The minimum Gasteiger partial charge on any atom is -0.459 e. The van der Waals surface area contributed by atoms with Gasteiger partial charge in [0.1, 0.15) is 6.61 Å². The first-order valence-electron chi connectivity index (χ1n) is 8.61. The van der Waals surface area contributed by atoms with E-state index in [2.05, 4.69) is 0 Å². The van der Waals surface area contributed by atoms with E-state index in [1.165, 1.54) is 0 Å². The summed E-state index contributed by atoms with van der Waals surface area (Å²) in [6, 6.07) is 16.3. The number of allylic oxidation sites excluding steroid dienone is 4. The van der Waals surface area contributed by atoms with E-state index in [1.807, 2.05) is 49.4 Å². The lowest BCUT2D eigenvalue weighted by Gasteiger charge is -2.15. The van der Waals surface area contributed by atoms with Crippen LogP contribution in [-0.4, -0.2) is 20.1 Å². The Labute approximate surface area is 161 Å². The maximum atomic E-state index is 12.1. The molecule has 1 aliphatic carbocycles. The summed E-state index contributed by atoms with van der Waals surface area (Å²) < 4.78 is 16.6. The second kappa shape index (κ2) is 8.75. The van der Waals surface area contributed by atoms with Crippen LogP contribution in [0.3, 0.4) is 0 Å². The van der Waals surface area contributed by atoms with Gasteiger partial charge >= 0.3 is 5.97 Å². The van der Waals surface area contributed by atoms with Gasteiger partial charge in [0.25, 0.3) is 0 Å². The van der Waals surface area contributed by atoms with E-state index < -0.39 is 12.1 Å². The fraction of sp³-hybridized carbons (Fsp3) is 0.182. The van der Waals surface area contributed by atoms with Gasteiger partial charge in [0.2, 0.25) is 0 Å². The molecule has 5 heteroatoms. The number of aliphatic hydroxyl groups excluding tert-OH is 1. The van der Waals surface area contributed by atoms with E-state index >= 15 is 0 Å². The summed E-state index contributed by atoms with van der Waals surface area (Å²) in [6.07, 6.45) is 3.23. The number of hydrogen-bond donors (Lipinski definition) is 1. The van der Waals surface area contributed by atoms with Crippen LogP contribution in [0.1, 0.15) is 36.1 Å². The molecule has 2 aromatic carbocycles. The molecule has 4 nitrogen and oxygen atoms in total. The van der Waals surface area contributed by atoms with Gasteiger partial charge in [0.15, 0.2) is 6.10 Å². The Bertz CT molecular complexity index is 936. The molecule has 2 aromatic rings. The molecular formula is C22H20O4S. The number of esters is 1. The Morgan fingerprint density at radius 2 is 1.81 bits per heavy atom. The standard InChI is InChI=1S/C22H20O4S/c1-15-7-12-19(20(13-15)27-25)17-8-10-18(11-9-17)21(23)22(24)26-14-16-5-3-2-4-6-16/h2-12,21,23H,13-14H2,1H3. The van der Waals surface area contributed by atoms with Gasteiger partial charge in [-0.3, -0.25) is 0 Å². The van der Waals surface area contributed by atoms with Crippen molar-refractivity contribution in [1.82, 2.24) is 0 Å². The second-order valence-electron chi connectivity index (χ2n) is 6.39. The van der Waals surface area contributed by atoms with E-state index in [0.29, 0.717) is 23.2 Å². The number of rotatable bonds is 5. The topological polar surface area (TPSA) is 63.6 Å². The van der Waals surface area contributed by atoms with E-state index in [9.17, 15) is 14.1 Å². The highest BCUT2D eigenvalue weighted by atomic mass is 32.1. The van der Waals surface area contributed by atoms with Gasteiger partial charge in [-0.05, 0) is 29.2 Å². The highest BCUT2D eigenvalue weighted by molar-refractivity contribution is 7.67. The lowest BCUT2D eigenvalue weighted by atomic mass is 9.93. The molecule has 3 rings (SSSR count). The zero-order valence-corrected chi connectivity index (χ0v) is 15.7. The smallest absolute Gasteiger partial charge is 0.339 e. The molecule has 0 radical (unpaired) electrons. The third-order valence-electron chi connectivity index (χ3n) is 4.36. The van der Waals surface area contributed by atoms with Crippen molar-refractivity contribution in [3.8, 4) is 0 Å². The molecule has 1 unspecified atom stereocenters. The minimum absolute atomic E-state index is 0.117. The van der Waals surface area contributed by atoms with Crippen LogP contribution in [0, 0.1) is 0 Å². The molecular weight excluding hydrogens is 360 g/mol. The average molecular weight is 380 g/mol. The number of aliphatic hydroxyl groups is 1. The van der Waals surface area contributed by atoms with Crippen molar-refractivity contribution in [2.24, 2.45) is 0 Å². The van der Waals surface area contributed by atoms with E-state index in [0.717, 1.165) is 27.1 Å². The summed E-state index contributed by atoms with van der Waals surface area (Å²) in [4.78, 5) is 12.9. The van der Waals surface area contributed by atoms with Crippen LogP contribution in [0.4, 0.5) is 0 Å². The van der Waals surface area contributed by atoms with Crippen molar-refractivity contribution < 1.29 is 18.8 Å². The lowest BCUT2D eigenvalue weighted by molar-refractivity contribution is -0.155. The Kier molecular flexibility index (Phi) is 6.16. The molecule has 0 fully saturated rings. The first-order valence-corrected chi connectivity index (χ1v) is 9.35. The summed E-state index contributed by atoms with van der Waals surface area (Å²) in [6.45, 7) is 2.11. The monoisotopic (exact) mass is 380 g/mol. The fourth-order valence-corrected chi connectivity index (χ4v) is 3.41. The highest BCUT2D eigenvalue weighted by Crippen LogP contribution is 2.25. The third-order valence-corrected chi connectivity index (χ3v) is 4.92. The third kappa shape index (κ3) is 4.70. The van der Waals surface area contributed by atoms with Crippen LogP contribution in [0.25, 0.3) is 5.57 Å². The second-order valence-corrected chi connectivity index (χ2v) is 7.05. The summed E-state index contributed by atoms with van der Waals surface area (Å²) in [5, 5.41) is 10.2. The minimum atomic E-state index is -1.34. The molecule has 0 aromatic heterocycles. The highest BCUT2D eigenvalue weighted by Gasteiger charge is 2.20. The van der Waals surface area contributed by atoms with Crippen LogP contribution >= 0.6 is 0 Å². The van der Waals surface area contributed by atoms with Crippen LogP contribution in [0.2, 0.25) is 0 Å². The Balaban J connectivity index is 1.69. The molecule has 1 N–H and O–H groups in total. The van der Waals surface area contributed by atoms with Crippen molar-refractivity contribution in [2.45, 2.75) is 26.1 Å². The summed E-state index contributed by atoms with van der Waals surface area (Å²) in [5.41, 5.74) is 4.22. The van der Waals surface area contributed by atoms with Crippen molar-refractivity contribution in [3.63, 3.8) is 0 Å². The molecule has 0 aliphatic heterocycles. The number of hydrogen-bond acceptors (Lipinski definition) is 4. The van der Waals surface area contributed by atoms with Gasteiger partial charge in [-0.1, -0.05) is 72.3 Å². The zero-order valence-electron chi connectivity index (χ0n) is 14.9. The number of carbonyl (C=O) groups excluding carboxylic acids is 1. The average Bonchev–Trinajstić information content (AvgIpc) is 2.72.